The summed E-state index contributed by atoms with van der Waals surface area (Å²) in [5.41, 5.74) is 0. The average molecular weight is 211 g/mol. The second-order valence-electron chi connectivity index (χ2n) is 4.13. The topological polar surface area (TPSA) is 56.4 Å². The average Bonchev–Trinajstić information content (AvgIpc) is 2.10. The van der Waals surface area contributed by atoms with Gasteiger partial charge in [-0.05, 0) is 6.92 Å². The standard InChI is InChI=1S/C11H18N2O2/c1-8(2)12-9(3)6-13-5-4-10(14)11(15)7-13/h4-5,7-9,12,15H,6H2,1-3H3/p+1. The summed E-state index contributed by atoms with van der Waals surface area (Å²) < 4.78 is 1.84. The van der Waals surface area contributed by atoms with Crippen LogP contribution < -0.4 is 9.88 Å². The summed E-state index contributed by atoms with van der Waals surface area (Å²) in [5, 5.41) is 21.8. The molecule has 1 unspecified atom stereocenters. The Morgan fingerprint density at radius 2 is 1.93 bits per heavy atom. The van der Waals surface area contributed by atoms with Crippen LogP contribution in [0.15, 0.2) is 18.5 Å². The maximum Gasteiger partial charge on any atom is 0.223 e. The van der Waals surface area contributed by atoms with Gasteiger partial charge in [0.15, 0.2) is 18.5 Å². The fourth-order valence-electron chi connectivity index (χ4n) is 1.57. The first-order chi connectivity index (χ1) is 6.99. The molecule has 0 aliphatic rings. The van der Waals surface area contributed by atoms with Crippen molar-refractivity contribution in [1.29, 1.82) is 0 Å². The lowest BCUT2D eigenvalue weighted by Crippen LogP contribution is -2.45. The normalized spacial score (nSPS) is 13.1. The SMILES string of the molecule is CC(C)NC(C)C[n+]1ccc(O)c(O)c1. The molecule has 0 radical (unpaired) electrons. The van der Waals surface area contributed by atoms with E-state index in [1.165, 1.54) is 12.3 Å². The van der Waals surface area contributed by atoms with Gasteiger partial charge in [0.2, 0.25) is 11.9 Å². The Morgan fingerprint density at radius 3 is 2.47 bits per heavy atom. The van der Waals surface area contributed by atoms with Crippen molar-refractivity contribution in [3.8, 4) is 11.5 Å². The summed E-state index contributed by atoms with van der Waals surface area (Å²) >= 11 is 0. The molecule has 0 aliphatic carbocycles. The first-order valence-electron chi connectivity index (χ1n) is 5.16. The van der Waals surface area contributed by atoms with E-state index in [2.05, 4.69) is 26.1 Å². The Hall–Kier alpha value is -1.29. The van der Waals surface area contributed by atoms with Gasteiger partial charge in [-0.15, -0.1) is 0 Å². The third-order valence-corrected chi connectivity index (χ3v) is 2.08. The highest BCUT2D eigenvalue weighted by Gasteiger charge is 2.12. The molecule has 0 bridgehead atoms. The van der Waals surface area contributed by atoms with E-state index in [-0.39, 0.29) is 11.5 Å². The van der Waals surface area contributed by atoms with Gasteiger partial charge in [0, 0.05) is 12.1 Å². The molecule has 0 saturated carbocycles. The molecule has 4 nitrogen and oxygen atoms in total. The zero-order chi connectivity index (χ0) is 11.4. The molecule has 0 fully saturated rings. The fourth-order valence-corrected chi connectivity index (χ4v) is 1.57. The molecule has 15 heavy (non-hydrogen) atoms. The van der Waals surface area contributed by atoms with Crippen LogP contribution in [0.5, 0.6) is 11.5 Å². The number of nitrogens with one attached hydrogen (secondary N) is 1. The smallest absolute Gasteiger partial charge is 0.223 e. The van der Waals surface area contributed by atoms with E-state index in [1.807, 2.05) is 4.57 Å². The zero-order valence-electron chi connectivity index (χ0n) is 9.44. The van der Waals surface area contributed by atoms with Gasteiger partial charge in [-0.1, -0.05) is 13.8 Å². The lowest BCUT2D eigenvalue weighted by atomic mass is 10.2. The lowest BCUT2D eigenvalue weighted by Gasteiger charge is -2.13. The molecule has 1 rings (SSSR count). The van der Waals surface area contributed by atoms with E-state index >= 15 is 0 Å². The summed E-state index contributed by atoms with van der Waals surface area (Å²) in [6.45, 7) is 7.02. The first-order valence-corrected chi connectivity index (χ1v) is 5.16. The first kappa shape index (κ1) is 11.8. The maximum absolute atomic E-state index is 9.30. The Kier molecular flexibility index (Phi) is 3.91. The molecule has 0 aliphatic heterocycles. The summed E-state index contributed by atoms with van der Waals surface area (Å²) in [6, 6.07) is 2.24. The Bertz CT molecular complexity index is 326. The van der Waals surface area contributed by atoms with Gasteiger partial charge in [0.1, 0.15) is 0 Å². The van der Waals surface area contributed by atoms with Gasteiger partial charge in [-0.25, -0.2) is 0 Å². The summed E-state index contributed by atoms with van der Waals surface area (Å²) in [7, 11) is 0. The van der Waals surface area contributed by atoms with E-state index in [4.69, 9.17) is 5.11 Å². The Labute approximate surface area is 90.2 Å². The van der Waals surface area contributed by atoms with Gasteiger partial charge in [0.25, 0.3) is 0 Å². The van der Waals surface area contributed by atoms with E-state index in [0.29, 0.717) is 12.1 Å². The summed E-state index contributed by atoms with van der Waals surface area (Å²) in [5.74, 6) is -0.176. The molecule has 84 valence electrons. The minimum absolute atomic E-state index is 0.0873. The summed E-state index contributed by atoms with van der Waals surface area (Å²) in [4.78, 5) is 0. The maximum atomic E-state index is 9.30. The molecule has 1 aromatic heterocycles. The van der Waals surface area contributed by atoms with Gasteiger partial charge in [0.05, 0.1) is 6.04 Å². The van der Waals surface area contributed by atoms with Crippen LogP contribution in [0.4, 0.5) is 0 Å². The van der Waals surface area contributed by atoms with Crippen LogP contribution in [0.1, 0.15) is 20.8 Å². The van der Waals surface area contributed by atoms with Crippen molar-refractivity contribution in [2.24, 2.45) is 0 Å². The van der Waals surface area contributed by atoms with Crippen LogP contribution in [0, 0.1) is 0 Å². The number of rotatable bonds is 4. The monoisotopic (exact) mass is 211 g/mol. The molecular formula is C11H19N2O2+. The van der Waals surface area contributed by atoms with E-state index in [1.54, 1.807) is 6.20 Å². The Morgan fingerprint density at radius 1 is 1.27 bits per heavy atom. The molecule has 0 spiro atoms. The third-order valence-electron chi connectivity index (χ3n) is 2.08. The number of hydrogen-bond acceptors (Lipinski definition) is 3. The van der Waals surface area contributed by atoms with Gasteiger partial charge >= 0.3 is 0 Å². The predicted molar refractivity (Wildman–Crippen MR) is 57.7 cm³/mol. The van der Waals surface area contributed by atoms with Crippen molar-refractivity contribution in [2.75, 3.05) is 0 Å². The molecule has 1 heterocycles. The highest BCUT2D eigenvalue weighted by molar-refractivity contribution is 5.31. The molecule has 1 atom stereocenters. The van der Waals surface area contributed by atoms with Gasteiger partial charge < -0.3 is 15.5 Å². The zero-order valence-corrected chi connectivity index (χ0v) is 9.44. The molecule has 0 aromatic carbocycles. The third kappa shape index (κ3) is 3.75. The van der Waals surface area contributed by atoms with Crippen LogP contribution in [-0.4, -0.2) is 22.3 Å². The predicted octanol–water partition coefficient (Wildman–Crippen LogP) is 0.772. The number of aromatic hydroxyl groups is 2. The lowest BCUT2D eigenvalue weighted by molar-refractivity contribution is -0.699. The van der Waals surface area contributed by atoms with Crippen LogP contribution in [0.25, 0.3) is 0 Å². The molecular weight excluding hydrogens is 192 g/mol. The van der Waals surface area contributed by atoms with E-state index in [0.717, 1.165) is 6.54 Å². The van der Waals surface area contributed by atoms with Crippen molar-refractivity contribution in [3.63, 3.8) is 0 Å². The van der Waals surface area contributed by atoms with Crippen LogP contribution in [0.3, 0.4) is 0 Å². The molecule has 0 saturated heterocycles. The number of pyridine rings is 1. The largest absolute Gasteiger partial charge is 0.504 e. The number of aromatic nitrogens is 1. The van der Waals surface area contributed by atoms with Crippen molar-refractivity contribution in [3.05, 3.63) is 18.5 Å². The molecule has 3 N–H and O–H groups in total. The minimum Gasteiger partial charge on any atom is -0.504 e. The molecule has 0 amide bonds. The van der Waals surface area contributed by atoms with E-state index < -0.39 is 0 Å². The highest BCUT2D eigenvalue weighted by Crippen LogP contribution is 2.19. The highest BCUT2D eigenvalue weighted by atomic mass is 16.3. The van der Waals surface area contributed by atoms with Crippen LogP contribution in [-0.2, 0) is 6.54 Å². The number of hydrogen-bond donors (Lipinski definition) is 3. The Balaban J connectivity index is 2.60. The fraction of sp³-hybridized carbons (Fsp3) is 0.545. The van der Waals surface area contributed by atoms with Gasteiger partial charge in [-0.2, -0.15) is 4.57 Å². The minimum atomic E-state index is -0.0887. The second kappa shape index (κ2) is 4.98. The molecule has 1 aromatic rings. The second-order valence-corrected chi connectivity index (χ2v) is 4.13. The quantitative estimate of drug-likeness (QED) is 0.645. The van der Waals surface area contributed by atoms with Crippen LogP contribution >= 0.6 is 0 Å². The molecule has 4 heteroatoms. The van der Waals surface area contributed by atoms with Crippen molar-refractivity contribution < 1.29 is 14.8 Å². The van der Waals surface area contributed by atoms with Crippen molar-refractivity contribution >= 4 is 0 Å². The number of nitrogens with zero attached hydrogens (tertiary/aromatic N) is 1. The van der Waals surface area contributed by atoms with Crippen molar-refractivity contribution in [2.45, 2.75) is 39.4 Å². The summed E-state index contributed by atoms with van der Waals surface area (Å²) in [6.07, 6.45) is 3.27. The van der Waals surface area contributed by atoms with Crippen molar-refractivity contribution in [1.82, 2.24) is 5.32 Å². The van der Waals surface area contributed by atoms with Gasteiger partial charge in [-0.3, -0.25) is 0 Å². The van der Waals surface area contributed by atoms with E-state index in [9.17, 15) is 5.11 Å². The van der Waals surface area contributed by atoms with Crippen LogP contribution in [0.2, 0.25) is 0 Å².